The van der Waals surface area contributed by atoms with Crippen LogP contribution in [-0.2, 0) is 0 Å². The number of benzene rings is 1. The molecule has 21 heavy (non-hydrogen) atoms. The molecule has 6 nitrogen and oxygen atoms in total. The Kier molecular flexibility index (Phi) is 4.56. The number of nitrogens with one attached hydrogen (secondary N) is 1. The fourth-order valence-electron chi connectivity index (χ4n) is 3.30. The molecule has 0 saturated carbocycles. The lowest BCUT2D eigenvalue weighted by Gasteiger charge is -2.34. The SMILES string of the molecule is Cc1c(B(O)O)c(C)c(N2CCNCC2)c(C)c1C(=O)O. The van der Waals surface area contributed by atoms with E-state index in [4.69, 9.17) is 0 Å². The lowest BCUT2D eigenvalue weighted by Crippen LogP contribution is -2.46. The quantitative estimate of drug-likeness (QED) is 0.556. The first-order valence-corrected chi connectivity index (χ1v) is 7.05. The molecule has 0 amide bonds. The summed E-state index contributed by atoms with van der Waals surface area (Å²) in [4.78, 5) is 13.7. The maximum Gasteiger partial charge on any atom is 0.489 e. The summed E-state index contributed by atoms with van der Waals surface area (Å²) in [5.74, 6) is -1.04. The van der Waals surface area contributed by atoms with Crippen LogP contribution in [0.1, 0.15) is 27.0 Å². The van der Waals surface area contributed by atoms with Crippen LogP contribution in [0.4, 0.5) is 5.69 Å². The minimum atomic E-state index is -1.68. The summed E-state index contributed by atoms with van der Waals surface area (Å²) in [5.41, 5.74) is 3.12. The Balaban J connectivity index is 2.70. The molecule has 0 atom stereocenters. The van der Waals surface area contributed by atoms with Crippen molar-refractivity contribution in [3.63, 3.8) is 0 Å². The summed E-state index contributed by atoms with van der Waals surface area (Å²) in [6, 6.07) is 0. The third-order valence-corrected chi connectivity index (χ3v) is 4.17. The van der Waals surface area contributed by atoms with Gasteiger partial charge in [-0.15, -0.1) is 0 Å². The highest BCUT2D eigenvalue weighted by Crippen LogP contribution is 2.29. The number of carboxylic acids is 1. The summed E-state index contributed by atoms with van der Waals surface area (Å²) in [6.45, 7) is 8.42. The zero-order valence-electron chi connectivity index (χ0n) is 12.6. The van der Waals surface area contributed by atoms with Crippen molar-refractivity contribution in [1.82, 2.24) is 5.32 Å². The van der Waals surface area contributed by atoms with Crippen molar-refractivity contribution in [2.75, 3.05) is 31.1 Å². The van der Waals surface area contributed by atoms with Gasteiger partial charge in [-0.25, -0.2) is 4.79 Å². The van der Waals surface area contributed by atoms with E-state index in [-0.39, 0.29) is 5.56 Å². The number of carboxylic acid groups (broad SMARTS) is 1. The predicted octanol–water partition coefficient (Wildman–Crippen LogP) is -0.601. The summed E-state index contributed by atoms with van der Waals surface area (Å²) < 4.78 is 0. The number of carbonyl (C=O) groups is 1. The van der Waals surface area contributed by atoms with E-state index in [0.29, 0.717) is 16.6 Å². The number of aromatic carboxylic acids is 1. The third-order valence-electron chi connectivity index (χ3n) is 4.17. The smallest absolute Gasteiger partial charge is 0.478 e. The molecule has 0 aliphatic carbocycles. The van der Waals surface area contributed by atoms with Crippen LogP contribution >= 0.6 is 0 Å². The summed E-state index contributed by atoms with van der Waals surface area (Å²) in [7, 11) is -1.68. The van der Waals surface area contributed by atoms with Crippen molar-refractivity contribution in [1.29, 1.82) is 0 Å². The lowest BCUT2D eigenvalue weighted by atomic mass is 9.71. The van der Waals surface area contributed by atoms with E-state index in [1.807, 2.05) is 6.92 Å². The molecule has 1 aliphatic rings. The Bertz CT molecular complexity index is 569. The standard InChI is InChI=1S/C14H21BN2O4/c1-8-11(14(18)19)9(2)13(10(3)12(8)15(20)21)17-6-4-16-5-7-17/h16,20-21H,4-7H2,1-3H3,(H,18,19). The van der Waals surface area contributed by atoms with Gasteiger partial charge in [0.1, 0.15) is 0 Å². The molecule has 1 aromatic carbocycles. The van der Waals surface area contributed by atoms with Gasteiger partial charge in [0.05, 0.1) is 5.56 Å². The van der Waals surface area contributed by atoms with E-state index in [2.05, 4.69) is 10.2 Å². The number of hydrogen-bond donors (Lipinski definition) is 4. The van der Waals surface area contributed by atoms with Gasteiger partial charge < -0.3 is 25.4 Å². The summed E-state index contributed by atoms with van der Waals surface area (Å²) >= 11 is 0. The van der Waals surface area contributed by atoms with E-state index in [1.165, 1.54) is 0 Å². The van der Waals surface area contributed by atoms with Crippen molar-refractivity contribution >= 4 is 24.2 Å². The maximum atomic E-state index is 11.6. The highest BCUT2D eigenvalue weighted by Gasteiger charge is 2.29. The Morgan fingerprint density at radius 3 is 2.14 bits per heavy atom. The van der Waals surface area contributed by atoms with Crippen LogP contribution in [0.25, 0.3) is 0 Å². The average Bonchev–Trinajstić information content (AvgIpc) is 2.38. The van der Waals surface area contributed by atoms with Crippen molar-refractivity contribution in [3.05, 3.63) is 22.3 Å². The van der Waals surface area contributed by atoms with Crippen LogP contribution in [0.2, 0.25) is 0 Å². The van der Waals surface area contributed by atoms with Gasteiger partial charge in [0.25, 0.3) is 0 Å². The van der Waals surface area contributed by atoms with Gasteiger partial charge in [-0.1, -0.05) is 0 Å². The highest BCUT2D eigenvalue weighted by molar-refractivity contribution is 6.60. The molecule has 0 spiro atoms. The Morgan fingerprint density at radius 1 is 1.10 bits per heavy atom. The lowest BCUT2D eigenvalue weighted by molar-refractivity contribution is 0.0695. The molecule has 1 heterocycles. The molecule has 2 rings (SSSR count). The van der Waals surface area contributed by atoms with Crippen molar-refractivity contribution < 1.29 is 19.9 Å². The van der Waals surface area contributed by atoms with Crippen LogP contribution in [0.15, 0.2) is 0 Å². The van der Waals surface area contributed by atoms with Crippen molar-refractivity contribution in [2.45, 2.75) is 20.8 Å². The van der Waals surface area contributed by atoms with E-state index in [1.54, 1.807) is 13.8 Å². The van der Waals surface area contributed by atoms with Crippen LogP contribution < -0.4 is 15.7 Å². The molecular weight excluding hydrogens is 271 g/mol. The molecule has 0 bridgehead atoms. The largest absolute Gasteiger partial charge is 0.489 e. The van der Waals surface area contributed by atoms with Crippen LogP contribution in [0.3, 0.4) is 0 Å². The molecule has 4 N–H and O–H groups in total. The Labute approximate surface area is 124 Å². The second kappa shape index (κ2) is 6.05. The van der Waals surface area contributed by atoms with Crippen LogP contribution in [0.5, 0.6) is 0 Å². The molecule has 0 unspecified atom stereocenters. The van der Waals surface area contributed by atoms with Crippen LogP contribution in [-0.4, -0.2) is 54.4 Å². The first kappa shape index (κ1) is 15.8. The van der Waals surface area contributed by atoms with E-state index in [9.17, 15) is 19.9 Å². The van der Waals surface area contributed by atoms with E-state index < -0.39 is 13.1 Å². The second-order valence-electron chi connectivity index (χ2n) is 5.43. The number of rotatable bonds is 3. The number of hydrogen-bond acceptors (Lipinski definition) is 5. The second-order valence-corrected chi connectivity index (χ2v) is 5.43. The first-order valence-electron chi connectivity index (χ1n) is 7.05. The zero-order chi connectivity index (χ0) is 15.7. The van der Waals surface area contributed by atoms with Crippen molar-refractivity contribution in [3.8, 4) is 0 Å². The molecule has 1 saturated heterocycles. The minimum absolute atomic E-state index is 0.164. The number of nitrogens with zero attached hydrogens (tertiary/aromatic N) is 1. The molecule has 7 heteroatoms. The molecular formula is C14H21BN2O4. The van der Waals surface area contributed by atoms with Gasteiger partial charge in [0, 0.05) is 31.9 Å². The van der Waals surface area contributed by atoms with E-state index >= 15 is 0 Å². The minimum Gasteiger partial charge on any atom is -0.478 e. The molecule has 1 fully saturated rings. The monoisotopic (exact) mass is 292 g/mol. The molecule has 0 radical (unpaired) electrons. The molecule has 0 aromatic heterocycles. The molecule has 1 aromatic rings. The highest BCUT2D eigenvalue weighted by atomic mass is 16.4. The van der Waals surface area contributed by atoms with Gasteiger partial charge in [0.15, 0.2) is 0 Å². The zero-order valence-corrected chi connectivity index (χ0v) is 12.6. The fourth-order valence-corrected chi connectivity index (χ4v) is 3.30. The number of anilines is 1. The summed E-state index contributed by atoms with van der Waals surface area (Å²) in [6.07, 6.45) is 0. The van der Waals surface area contributed by atoms with Gasteiger partial charge in [-0.05, 0) is 42.9 Å². The Morgan fingerprint density at radius 2 is 1.67 bits per heavy atom. The van der Waals surface area contributed by atoms with Gasteiger partial charge in [0.2, 0.25) is 0 Å². The van der Waals surface area contributed by atoms with Crippen LogP contribution in [0, 0.1) is 20.8 Å². The molecule has 1 aliphatic heterocycles. The van der Waals surface area contributed by atoms with Gasteiger partial charge in [-0.2, -0.15) is 0 Å². The predicted molar refractivity (Wildman–Crippen MR) is 82.5 cm³/mol. The van der Waals surface area contributed by atoms with E-state index in [0.717, 1.165) is 37.4 Å². The van der Waals surface area contributed by atoms with Gasteiger partial charge >= 0.3 is 13.1 Å². The maximum absolute atomic E-state index is 11.6. The fraction of sp³-hybridized carbons (Fsp3) is 0.500. The van der Waals surface area contributed by atoms with Crippen molar-refractivity contribution in [2.24, 2.45) is 0 Å². The molecule has 114 valence electrons. The number of piperazine rings is 1. The average molecular weight is 292 g/mol. The normalized spacial score (nSPS) is 15.2. The Hall–Kier alpha value is -1.57. The third kappa shape index (κ3) is 2.77. The van der Waals surface area contributed by atoms with Gasteiger partial charge in [-0.3, -0.25) is 0 Å². The first-order chi connectivity index (χ1) is 9.86. The summed E-state index contributed by atoms with van der Waals surface area (Å²) in [5, 5.41) is 32.0. The topological polar surface area (TPSA) is 93.0 Å².